The topological polar surface area (TPSA) is 75.6 Å². The van der Waals surface area contributed by atoms with Gasteiger partial charge in [-0.1, -0.05) is 24.1 Å². The number of benzene rings is 1. The Hall–Kier alpha value is -2.04. The molecule has 0 unspecified atom stereocenters. The molecule has 0 spiro atoms. The van der Waals surface area contributed by atoms with Crippen LogP contribution in [-0.4, -0.2) is 29.6 Å². The fourth-order valence-electron chi connectivity index (χ4n) is 3.21. The molecule has 5 heteroatoms. The van der Waals surface area contributed by atoms with Crippen LogP contribution in [0.1, 0.15) is 36.0 Å². The normalized spacial score (nSPS) is 20.7. The van der Waals surface area contributed by atoms with Crippen molar-refractivity contribution in [1.82, 2.24) is 5.32 Å². The van der Waals surface area contributed by atoms with Gasteiger partial charge in [0.15, 0.2) is 6.61 Å². The summed E-state index contributed by atoms with van der Waals surface area (Å²) < 4.78 is 5.63. The van der Waals surface area contributed by atoms with Crippen molar-refractivity contribution < 1.29 is 19.4 Å². The van der Waals surface area contributed by atoms with E-state index in [4.69, 9.17) is 9.84 Å². The maximum absolute atomic E-state index is 12.0. The molecule has 0 aliphatic heterocycles. The third-order valence-electron chi connectivity index (χ3n) is 4.13. The van der Waals surface area contributed by atoms with Crippen molar-refractivity contribution in [3.8, 4) is 5.75 Å². The Labute approximate surface area is 130 Å². The zero-order valence-electron chi connectivity index (χ0n) is 13.3. The van der Waals surface area contributed by atoms with Gasteiger partial charge < -0.3 is 15.2 Å². The van der Waals surface area contributed by atoms with Crippen LogP contribution < -0.4 is 10.1 Å². The first-order chi connectivity index (χ1) is 10.4. The molecule has 2 N–H and O–H groups in total. The molecule has 2 atom stereocenters. The van der Waals surface area contributed by atoms with Crippen LogP contribution in [0.4, 0.5) is 0 Å². The van der Waals surface area contributed by atoms with Gasteiger partial charge in [0.25, 0.3) is 5.91 Å². The van der Waals surface area contributed by atoms with Gasteiger partial charge >= 0.3 is 5.97 Å². The highest BCUT2D eigenvalue weighted by Gasteiger charge is 2.33. The summed E-state index contributed by atoms with van der Waals surface area (Å²) in [6, 6.07) is 3.74. The second-order valence-corrected chi connectivity index (χ2v) is 6.07. The molecule has 0 radical (unpaired) electrons. The molecular formula is C17H23NO4. The van der Waals surface area contributed by atoms with Crippen LogP contribution in [-0.2, 0) is 9.59 Å². The standard InChI is InChI=1S/C17H23NO4/c1-10-7-11(2)16(12(3)8-10)22-9-15(19)18-14-6-4-5-13(14)17(20)21/h7-8,13-14H,4-6,9H2,1-3H3,(H,18,19)(H,20,21)/t13-,14+/m0/s1. The van der Waals surface area contributed by atoms with Crippen molar-refractivity contribution in [3.05, 3.63) is 28.8 Å². The number of carboxylic acids is 1. The van der Waals surface area contributed by atoms with Gasteiger partial charge in [0.05, 0.1) is 5.92 Å². The van der Waals surface area contributed by atoms with E-state index in [-0.39, 0.29) is 18.6 Å². The van der Waals surface area contributed by atoms with Crippen LogP contribution in [0, 0.1) is 26.7 Å². The highest BCUT2D eigenvalue weighted by atomic mass is 16.5. The Morgan fingerprint density at radius 1 is 1.23 bits per heavy atom. The molecule has 1 fully saturated rings. The Morgan fingerprint density at radius 3 is 2.45 bits per heavy atom. The van der Waals surface area contributed by atoms with Crippen LogP contribution in [0.2, 0.25) is 0 Å². The molecule has 0 bridgehead atoms. The lowest BCUT2D eigenvalue weighted by molar-refractivity contribution is -0.142. The van der Waals surface area contributed by atoms with Crippen molar-refractivity contribution in [3.63, 3.8) is 0 Å². The minimum absolute atomic E-state index is 0.0897. The monoisotopic (exact) mass is 305 g/mol. The molecule has 1 saturated carbocycles. The van der Waals surface area contributed by atoms with E-state index >= 15 is 0 Å². The van der Waals surface area contributed by atoms with Gasteiger partial charge in [-0.2, -0.15) is 0 Å². The number of ether oxygens (including phenoxy) is 1. The SMILES string of the molecule is Cc1cc(C)c(OCC(=O)N[C@@H]2CCC[C@@H]2C(=O)O)c(C)c1. The summed E-state index contributed by atoms with van der Waals surface area (Å²) in [6.45, 7) is 5.82. The molecule has 0 saturated heterocycles. The summed E-state index contributed by atoms with van der Waals surface area (Å²) in [5.41, 5.74) is 3.14. The number of aryl methyl sites for hydroxylation is 3. The predicted molar refractivity (Wildman–Crippen MR) is 83.1 cm³/mol. The highest BCUT2D eigenvalue weighted by molar-refractivity contribution is 5.79. The van der Waals surface area contributed by atoms with Gasteiger partial charge in [0, 0.05) is 6.04 Å². The van der Waals surface area contributed by atoms with E-state index in [2.05, 4.69) is 5.32 Å². The molecule has 0 heterocycles. The number of hydrogen-bond donors (Lipinski definition) is 2. The second kappa shape index (κ2) is 6.81. The minimum atomic E-state index is -0.839. The molecule has 120 valence electrons. The zero-order chi connectivity index (χ0) is 16.3. The maximum Gasteiger partial charge on any atom is 0.308 e. The summed E-state index contributed by atoms with van der Waals surface area (Å²) >= 11 is 0. The van der Waals surface area contributed by atoms with E-state index in [0.29, 0.717) is 12.8 Å². The molecule has 1 aromatic rings. The molecule has 1 aromatic carbocycles. The smallest absolute Gasteiger partial charge is 0.308 e. The molecule has 1 amide bonds. The van der Waals surface area contributed by atoms with Gasteiger partial charge in [0.2, 0.25) is 0 Å². The first-order valence-electron chi connectivity index (χ1n) is 7.61. The predicted octanol–water partition coefficient (Wildman–Crippen LogP) is 2.36. The van der Waals surface area contributed by atoms with E-state index < -0.39 is 11.9 Å². The van der Waals surface area contributed by atoms with Crippen LogP contribution in [0.5, 0.6) is 5.75 Å². The average molecular weight is 305 g/mol. The number of carboxylic acid groups (broad SMARTS) is 1. The lowest BCUT2D eigenvalue weighted by Gasteiger charge is -2.18. The first-order valence-corrected chi connectivity index (χ1v) is 7.61. The lowest BCUT2D eigenvalue weighted by atomic mass is 10.0. The number of carbonyl (C=O) groups is 2. The number of aliphatic carboxylic acids is 1. The van der Waals surface area contributed by atoms with Gasteiger partial charge in [-0.3, -0.25) is 9.59 Å². The van der Waals surface area contributed by atoms with E-state index in [1.165, 1.54) is 0 Å². The van der Waals surface area contributed by atoms with E-state index in [9.17, 15) is 9.59 Å². The number of nitrogens with one attached hydrogen (secondary N) is 1. The van der Waals surface area contributed by atoms with Crippen LogP contribution in [0.15, 0.2) is 12.1 Å². The summed E-state index contributed by atoms with van der Waals surface area (Å²) in [5, 5.41) is 11.9. The highest BCUT2D eigenvalue weighted by Crippen LogP contribution is 2.26. The van der Waals surface area contributed by atoms with Crippen molar-refractivity contribution in [2.24, 2.45) is 5.92 Å². The molecular weight excluding hydrogens is 282 g/mol. The summed E-state index contributed by atoms with van der Waals surface area (Å²) in [7, 11) is 0. The largest absolute Gasteiger partial charge is 0.483 e. The Morgan fingerprint density at radius 2 is 1.86 bits per heavy atom. The van der Waals surface area contributed by atoms with Gasteiger partial charge in [-0.15, -0.1) is 0 Å². The van der Waals surface area contributed by atoms with Crippen LogP contribution >= 0.6 is 0 Å². The van der Waals surface area contributed by atoms with Crippen LogP contribution in [0.25, 0.3) is 0 Å². The molecule has 0 aromatic heterocycles. The fraction of sp³-hybridized carbons (Fsp3) is 0.529. The number of rotatable bonds is 5. The Kier molecular flexibility index (Phi) is 5.06. The van der Waals surface area contributed by atoms with E-state index in [0.717, 1.165) is 28.9 Å². The summed E-state index contributed by atoms with van der Waals surface area (Å²) in [4.78, 5) is 23.1. The Balaban J connectivity index is 1.92. The van der Waals surface area contributed by atoms with Crippen molar-refractivity contribution in [2.75, 3.05) is 6.61 Å². The van der Waals surface area contributed by atoms with Gasteiger partial charge in [-0.05, 0) is 44.7 Å². The van der Waals surface area contributed by atoms with Crippen LogP contribution in [0.3, 0.4) is 0 Å². The second-order valence-electron chi connectivity index (χ2n) is 6.07. The third kappa shape index (κ3) is 3.78. The average Bonchev–Trinajstić information content (AvgIpc) is 2.85. The first kappa shape index (κ1) is 16.3. The molecule has 2 rings (SSSR count). The summed E-state index contributed by atoms with van der Waals surface area (Å²) in [5.74, 6) is -0.861. The van der Waals surface area contributed by atoms with Gasteiger partial charge in [0.1, 0.15) is 5.75 Å². The maximum atomic E-state index is 12.0. The third-order valence-corrected chi connectivity index (χ3v) is 4.13. The van der Waals surface area contributed by atoms with E-state index in [1.54, 1.807) is 0 Å². The molecule has 5 nitrogen and oxygen atoms in total. The zero-order valence-corrected chi connectivity index (χ0v) is 13.3. The number of hydrogen-bond acceptors (Lipinski definition) is 3. The van der Waals surface area contributed by atoms with Gasteiger partial charge in [-0.25, -0.2) is 0 Å². The van der Waals surface area contributed by atoms with Crippen molar-refractivity contribution in [2.45, 2.75) is 46.1 Å². The number of amides is 1. The molecule has 1 aliphatic carbocycles. The number of carbonyl (C=O) groups excluding carboxylic acids is 1. The minimum Gasteiger partial charge on any atom is -0.483 e. The summed E-state index contributed by atoms with van der Waals surface area (Å²) in [6.07, 6.45) is 2.17. The fourth-order valence-corrected chi connectivity index (χ4v) is 3.21. The lowest BCUT2D eigenvalue weighted by Crippen LogP contribution is -2.42. The van der Waals surface area contributed by atoms with Crippen molar-refractivity contribution >= 4 is 11.9 Å². The quantitative estimate of drug-likeness (QED) is 0.875. The van der Waals surface area contributed by atoms with E-state index in [1.807, 2.05) is 32.9 Å². The Bertz CT molecular complexity index is 559. The molecule has 22 heavy (non-hydrogen) atoms. The molecule has 1 aliphatic rings. The van der Waals surface area contributed by atoms with Crippen molar-refractivity contribution in [1.29, 1.82) is 0 Å².